The molecule has 132 valence electrons. The molecule has 3 rings (SSSR count). The minimum atomic E-state index is -0.503. The molecule has 0 spiro atoms. The van der Waals surface area contributed by atoms with Crippen LogP contribution >= 0.6 is 11.3 Å². The zero-order valence-corrected chi connectivity index (χ0v) is 15.1. The second-order valence-corrected chi connectivity index (χ2v) is 7.32. The van der Waals surface area contributed by atoms with Gasteiger partial charge in [-0.1, -0.05) is 12.1 Å². The molecule has 0 saturated carbocycles. The third-order valence-corrected chi connectivity index (χ3v) is 5.24. The van der Waals surface area contributed by atoms with Crippen LogP contribution in [0.1, 0.15) is 26.4 Å². The molecular weight excluding hydrogens is 338 g/mol. The molecule has 1 aromatic carbocycles. The quantitative estimate of drug-likeness (QED) is 0.857. The molecule has 1 aliphatic rings. The topological polar surface area (TPSA) is 84.7 Å². The minimum absolute atomic E-state index is 0.121. The molecule has 0 radical (unpaired) electrons. The van der Waals surface area contributed by atoms with Gasteiger partial charge in [-0.3, -0.25) is 9.59 Å². The van der Waals surface area contributed by atoms with Crippen LogP contribution in [0.5, 0.6) is 5.75 Å². The van der Waals surface area contributed by atoms with Crippen LogP contribution in [-0.4, -0.2) is 36.9 Å². The maximum absolute atomic E-state index is 12.2. The second-order valence-electron chi connectivity index (χ2n) is 6.21. The standard InChI is InChI=1S/C18H21N3O3S/c1-11-4-3-5-12(8-11)24-10-15(22)20-18-16(17(19)23)13-6-7-21(2)9-14(13)25-18/h3-5,8H,6-7,9-10H2,1-2H3,(H2,19,23)(H,20,22). The van der Waals surface area contributed by atoms with Crippen LogP contribution in [-0.2, 0) is 17.8 Å². The number of hydrogen-bond donors (Lipinski definition) is 2. The summed E-state index contributed by atoms with van der Waals surface area (Å²) >= 11 is 1.42. The van der Waals surface area contributed by atoms with Crippen molar-refractivity contribution in [2.45, 2.75) is 19.9 Å². The number of amides is 2. The van der Waals surface area contributed by atoms with Crippen LogP contribution in [0.4, 0.5) is 5.00 Å². The Hall–Kier alpha value is -2.38. The summed E-state index contributed by atoms with van der Waals surface area (Å²) in [5.74, 6) is -0.176. The Balaban J connectivity index is 1.71. The van der Waals surface area contributed by atoms with Crippen molar-refractivity contribution >= 4 is 28.2 Å². The molecular formula is C18H21N3O3S. The van der Waals surface area contributed by atoms with E-state index in [0.717, 1.165) is 35.5 Å². The molecule has 2 aromatic rings. The number of thiophene rings is 1. The van der Waals surface area contributed by atoms with Gasteiger partial charge in [0.25, 0.3) is 11.8 Å². The van der Waals surface area contributed by atoms with E-state index in [1.165, 1.54) is 11.3 Å². The number of ether oxygens (including phenoxy) is 1. The number of rotatable bonds is 5. The lowest BCUT2D eigenvalue weighted by molar-refractivity contribution is -0.118. The van der Waals surface area contributed by atoms with E-state index in [0.29, 0.717) is 16.3 Å². The number of primary amides is 1. The molecule has 6 nitrogen and oxygen atoms in total. The highest BCUT2D eigenvalue weighted by Crippen LogP contribution is 2.36. The van der Waals surface area contributed by atoms with Gasteiger partial charge in [-0.15, -0.1) is 11.3 Å². The maximum Gasteiger partial charge on any atom is 0.262 e. The van der Waals surface area contributed by atoms with E-state index in [9.17, 15) is 9.59 Å². The molecule has 0 bridgehead atoms. The summed E-state index contributed by atoms with van der Waals surface area (Å²) < 4.78 is 5.51. The molecule has 2 heterocycles. The number of hydrogen-bond acceptors (Lipinski definition) is 5. The third-order valence-electron chi connectivity index (χ3n) is 4.11. The summed E-state index contributed by atoms with van der Waals surface area (Å²) in [5.41, 5.74) is 8.01. The van der Waals surface area contributed by atoms with Crippen molar-refractivity contribution in [3.8, 4) is 5.75 Å². The summed E-state index contributed by atoms with van der Waals surface area (Å²) in [6, 6.07) is 7.49. The zero-order valence-electron chi connectivity index (χ0n) is 14.3. The van der Waals surface area contributed by atoms with Crippen LogP contribution in [0.15, 0.2) is 24.3 Å². The predicted octanol–water partition coefficient (Wildman–Crippen LogP) is 2.16. The zero-order chi connectivity index (χ0) is 18.0. The first-order valence-electron chi connectivity index (χ1n) is 8.06. The van der Waals surface area contributed by atoms with Gasteiger partial charge in [0, 0.05) is 18.0 Å². The maximum atomic E-state index is 12.2. The molecule has 0 fully saturated rings. The molecule has 0 atom stereocenters. The first kappa shape index (κ1) is 17.4. The number of carbonyl (C=O) groups excluding carboxylic acids is 2. The molecule has 7 heteroatoms. The number of carbonyl (C=O) groups is 2. The van der Waals surface area contributed by atoms with Gasteiger partial charge in [0.15, 0.2) is 6.61 Å². The smallest absolute Gasteiger partial charge is 0.262 e. The summed E-state index contributed by atoms with van der Waals surface area (Å²) in [6.45, 7) is 3.47. The lowest BCUT2D eigenvalue weighted by Crippen LogP contribution is -2.27. The van der Waals surface area contributed by atoms with Crippen molar-refractivity contribution in [1.82, 2.24) is 4.90 Å². The van der Waals surface area contributed by atoms with Crippen molar-refractivity contribution < 1.29 is 14.3 Å². The van der Waals surface area contributed by atoms with E-state index in [-0.39, 0.29) is 12.5 Å². The lowest BCUT2D eigenvalue weighted by Gasteiger charge is -2.22. The first-order chi connectivity index (χ1) is 11.9. The number of anilines is 1. The Morgan fingerprint density at radius 3 is 2.92 bits per heavy atom. The lowest BCUT2D eigenvalue weighted by atomic mass is 10.0. The molecule has 25 heavy (non-hydrogen) atoms. The van der Waals surface area contributed by atoms with Gasteiger partial charge in [-0.2, -0.15) is 0 Å². The minimum Gasteiger partial charge on any atom is -0.484 e. The number of nitrogens with one attached hydrogen (secondary N) is 1. The van der Waals surface area contributed by atoms with Crippen LogP contribution in [0.2, 0.25) is 0 Å². The third kappa shape index (κ3) is 4.00. The number of aryl methyl sites for hydroxylation is 1. The Kier molecular flexibility index (Phi) is 5.06. The summed E-state index contributed by atoms with van der Waals surface area (Å²) in [6.07, 6.45) is 0.760. The van der Waals surface area contributed by atoms with Crippen LogP contribution in [0.3, 0.4) is 0 Å². The molecule has 2 amide bonds. The van der Waals surface area contributed by atoms with Gasteiger partial charge in [0.05, 0.1) is 5.56 Å². The number of nitrogens with two attached hydrogens (primary N) is 1. The van der Waals surface area contributed by atoms with E-state index in [4.69, 9.17) is 10.5 Å². The normalized spacial score (nSPS) is 14.0. The monoisotopic (exact) mass is 359 g/mol. The highest BCUT2D eigenvalue weighted by Gasteiger charge is 2.26. The molecule has 0 aliphatic carbocycles. The van der Waals surface area contributed by atoms with Gasteiger partial charge < -0.3 is 20.7 Å². The number of nitrogens with zero attached hydrogens (tertiary/aromatic N) is 1. The molecule has 1 aromatic heterocycles. The van der Waals surface area contributed by atoms with Crippen molar-refractivity contribution in [1.29, 1.82) is 0 Å². The van der Waals surface area contributed by atoms with E-state index in [1.807, 2.05) is 32.2 Å². The molecule has 1 aliphatic heterocycles. The molecule has 3 N–H and O–H groups in total. The Bertz CT molecular complexity index is 816. The average Bonchev–Trinajstić information content (AvgIpc) is 2.90. The fourth-order valence-corrected chi connectivity index (χ4v) is 4.25. The van der Waals surface area contributed by atoms with Crippen molar-refractivity contribution in [2.75, 3.05) is 25.5 Å². The SMILES string of the molecule is Cc1cccc(OCC(=O)Nc2sc3c(c2C(N)=O)CCN(C)C3)c1. The first-order valence-corrected chi connectivity index (χ1v) is 8.88. The second kappa shape index (κ2) is 7.25. The Morgan fingerprint density at radius 2 is 2.20 bits per heavy atom. The highest BCUT2D eigenvalue weighted by atomic mass is 32.1. The van der Waals surface area contributed by atoms with Crippen LogP contribution in [0, 0.1) is 6.92 Å². The van der Waals surface area contributed by atoms with E-state index >= 15 is 0 Å². The number of fused-ring (bicyclic) bond motifs is 1. The highest BCUT2D eigenvalue weighted by molar-refractivity contribution is 7.17. The fraction of sp³-hybridized carbons (Fsp3) is 0.333. The van der Waals surface area contributed by atoms with Crippen LogP contribution < -0.4 is 15.8 Å². The summed E-state index contributed by atoms with van der Waals surface area (Å²) in [4.78, 5) is 27.4. The van der Waals surface area contributed by atoms with Gasteiger partial charge in [0.2, 0.25) is 0 Å². The molecule has 0 unspecified atom stereocenters. The van der Waals surface area contributed by atoms with E-state index in [1.54, 1.807) is 6.07 Å². The fourth-order valence-electron chi connectivity index (χ4n) is 2.90. The average molecular weight is 359 g/mol. The van der Waals surface area contributed by atoms with Crippen LogP contribution in [0.25, 0.3) is 0 Å². The van der Waals surface area contributed by atoms with Crippen molar-refractivity contribution in [3.05, 3.63) is 45.8 Å². The van der Waals surface area contributed by atoms with Gasteiger partial charge in [-0.05, 0) is 43.7 Å². The van der Waals surface area contributed by atoms with E-state index < -0.39 is 5.91 Å². The van der Waals surface area contributed by atoms with Gasteiger partial charge in [0.1, 0.15) is 10.8 Å². The van der Waals surface area contributed by atoms with Gasteiger partial charge >= 0.3 is 0 Å². The molecule has 0 saturated heterocycles. The number of benzene rings is 1. The van der Waals surface area contributed by atoms with Crippen molar-refractivity contribution in [2.24, 2.45) is 5.73 Å². The van der Waals surface area contributed by atoms with E-state index in [2.05, 4.69) is 10.2 Å². The summed E-state index contributed by atoms with van der Waals surface area (Å²) in [5, 5.41) is 3.30. The van der Waals surface area contributed by atoms with Crippen molar-refractivity contribution in [3.63, 3.8) is 0 Å². The van der Waals surface area contributed by atoms with Gasteiger partial charge in [-0.25, -0.2) is 0 Å². The predicted molar refractivity (Wildman–Crippen MR) is 98.2 cm³/mol. The largest absolute Gasteiger partial charge is 0.484 e. The number of likely N-dealkylation sites (N-methyl/N-ethyl adjacent to an activating group) is 1. The Labute approximate surface area is 150 Å². The summed E-state index contributed by atoms with van der Waals surface area (Å²) in [7, 11) is 2.03. The Morgan fingerprint density at radius 1 is 1.40 bits per heavy atom.